The zero-order chi connectivity index (χ0) is 13.3. The minimum absolute atomic E-state index is 0.0811. The van der Waals surface area contributed by atoms with Crippen LogP contribution in [0.15, 0.2) is 0 Å². The Morgan fingerprint density at radius 3 is 2.72 bits per heavy atom. The molecule has 0 aromatic rings. The molecule has 0 bridgehead atoms. The fraction of sp³-hybridized carbons (Fsp3) is 0.833. The number of nitrogens with one attached hydrogen (secondary N) is 1. The lowest BCUT2D eigenvalue weighted by molar-refractivity contribution is -0.132. The van der Waals surface area contributed by atoms with E-state index in [1.165, 1.54) is 4.90 Å². The van der Waals surface area contributed by atoms with Crippen LogP contribution in [0.2, 0.25) is 0 Å². The average Bonchev–Trinajstić information content (AvgIpc) is 2.80. The summed E-state index contributed by atoms with van der Waals surface area (Å²) in [6.45, 7) is 6.56. The van der Waals surface area contributed by atoms with Gasteiger partial charge in [-0.25, -0.2) is 4.79 Å². The van der Waals surface area contributed by atoms with Crippen LogP contribution in [0.25, 0.3) is 0 Å². The summed E-state index contributed by atoms with van der Waals surface area (Å²) >= 11 is 0. The molecular weight excluding hydrogens is 234 g/mol. The van der Waals surface area contributed by atoms with Gasteiger partial charge in [-0.3, -0.25) is 14.6 Å². The van der Waals surface area contributed by atoms with Crippen LogP contribution in [-0.2, 0) is 9.53 Å². The number of amides is 3. The Balaban J connectivity index is 2.06. The first-order valence-electron chi connectivity index (χ1n) is 6.37. The van der Waals surface area contributed by atoms with E-state index in [4.69, 9.17) is 4.74 Å². The maximum absolute atomic E-state index is 12.4. The van der Waals surface area contributed by atoms with E-state index in [-0.39, 0.29) is 18.0 Å². The SMILES string of the molecule is COCCN1CC[C@@]2(C1)NC(=O)N(C(C)C)C2=O. The van der Waals surface area contributed by atoms with E-state index in [2.05, 4.69) is 10.2 Å². The number of imide groups is 1. The lowest BCUT2D eigenvalue weighted by Crippen LogP contribution is -2.49. The molecular formula is C12H21N3O3. The van der Waals surface area contributed by atoms with Crippen molar-refractivity contribution in [2.75, 3.05) is 33.4 Å². The summed E-state index contributed by atoms with van der Waals surface area (Å²) in [5.74, 6) is -0.0811. The van der Waals surface area contributed by atoms with Crippen molar-refractivity contribution in [1.82, 2.24) is 15.1 Å². The molecule has 102 valence electrons. The van der Waals surface area contributed by atoms with Gasteiger partial charge in [-0.1, -0.05) is 0 Å². The topological polar surface area (TPSA) is 61.9 Å². The maximum Gasteiger partial charge on any atom is 0.325 e. The van der Waals surface area contributed by atoms with Gasteiger partial charge >= 0.3 is 6.03 Å². The molecule has 2 aliphatic heterocycles. The van der Waals surface area contributed by atoms with Crippen molar-refractivity contribution >= 4 is 11.9 Å². The molecule has 1 spiro atoms. The van der Waals surface area contributed by atoms with Crippen LogP contribution >= 0.6 is 0 Å². The summed E-state index contributed by atoms with van der Waals surface area (Å²) in [6, 6.07) is -0.353. The lowest BCUT2D eigenvalue weighted by atomic mass is 9.99. The Morgan fingerprint density at radius 2 is 2.17 bits per heavy atom. The number of methoxy groups -OCH3 is 1. The fourth-order valence-corrected chi connectivity index (χ4v) is 2.69. The Hall–Kier alpha value is -1.14. The highest BCUT2D eigenvalue weighted by Gasteiger charge is 2.54. The molecule has 0 unspecified atom stereocenters. The minimum atomic E-state index is -0.699. The second-order valence-corrected chi connectivity index (χ2v) is 5.30. The molecule has 6 heteroatoms. The van der Waals surface area contributed by atoms with Crippen LogP contribution in [0.5, 0.6) is 0 Å². The molecule has 0 aliphatic carbocycles. The highest BCUT2D eigenvalue weighted by Crippen LogP contribution is 2.29. The molecule has 2 saturated heterocycles. The van der Waals surface area contributed by atoms with Crippen molar-refractivity contribution in [3.05, 3.63) is 0 Å². The van der Waals surface area contributed by atoms with Gasteiger partial charge in [0.05, 0.1) is 6.61 Å². The average molecular weight is 255 g/mol. The van der Waals surface area contributed by atoms with E-state index < -0.39 is 5.54 Å². The Labute approximate surface area is 107 Å². The van der Waals surface area contributed by atoms with Crippen LogP contribution in [-0.4, -0.2) is 66.7 Å². The highest BCUT2D eigenvalue weighted by molar-refractivity contribution is 6.07. The van der Waals surface area contributed by atoms with E-state index in [1.807, 2.05) is 13.8 Å². The van der Waals surface area contributed by atoms with Crippen LogP contribution in [0.3, 0.4) is 0 Å². The van der Waals surface area contributed by atoms with Crippen LogP contribution in [0.4, 0.5) is 4.79 Å². The van der Waals surface area contributed by atoms with Crippen molar-refractivity contribution in [1.29, 1.82) is 0 Å². The monoisotopic (exact) mass is 255 g/mol. The molecule has 1 N–H and O–H groups in total. The molecule has 3 amide bonds. The van der Waals surface area contributed by atoms with Gasteiger partial charge in [0.25, 0.3) is 5.91 Å². The van der Waals surface area contributed by atoms with Crippen molar-refractivity contribution in [3.63, 3.8) is 0 Å². The molecule has 0 saturated carbocycles. The molecule has 2 heterocycles. The summed E-state index contributed by atoms with van der Waals surface area (Å²) in [4.78, 5) is 27.7. The minimum Gasteiger partial charge on any atom is -0.383 e. The number of hydrogen-bond acceptors (Lipinski definition) is 4. The second kappa shape index (κ2) is 4.85. The summed E-state index contributed by atoms with van der Waals surface area (Å²) in [5.41, 5.74) is -0.699. The zero-order valence-electron chi connectivity index (χ0n) is 11.2. The van der Waals surface area contributed by atoms with Gasteiger partial charge in [0.2, 0.25) is 0 Å². The van der Waals surface area contributed by atoms with Crippen LogP contribution in [0, 0.1) is 0 Å². The van der Waals surface area contributed by atoms with Crippen molar-refractivity contribution in [2.24, 2.45) is 0 Å². The number of ether oxygens (including phenoxy) is 1. The zero-order valence-corrected chi connectivity index (χ0v) is 11.2. The van der Waals surface area contributed by atoms with Crippen molar-refractivity contribution in [2.45, 2.75) is 31.8 Å². The quantitative estimate of drug-likeness (QED) is 0.720. The number of rotatable bonds is 4. The Bertz CT molecular complexity index is 358. The van der Waals surface area contributed by atoms with E-state index in [1.54, 1.807) is 7.11 Å². The normalized spacial score (nSPS) is 28.8. The van der Waals surface area contributed by atoms with Gasteiger partial charge in [-0.05, 0) is 20.3 Å². The molecule has 6 nitrogen and oxygen atoms in total. The van der Waals surface area contributed by atoms with Gasteiger partial charge in [-0.15, -0.1) is 0 Å². The lowest BCUT2D eigenvalue weighted by Gasteiger charge is -2.23. The van der Waals surface area contributed by atoms with E-state index in [9.17, 15) is 9.59 Å². The fourth-order valence-electron chi connectivity index (χ4n) is 2.69. The Morgan fingerprint density at radius 1 is 1.44 bits per heavy atom. The number of likely N-dealkylation sites (tertiary alicyclic amines) is 1. The number of urea groups is 1. The number of carbonyl (C=O) groups excluding carboxylic acids is 2. The maximum atomic E-state index is 12.4. The first kappa shape index (κ1) is 13.3. The summed E-state index contributed by atoms with van der Waals surface area (Å²) in [6.07, 6.45) is 0.685. The summed E-state index contributed by atoms with van der Waals surface area (Å²) < 4.78 is 5.04. The van der Waals surface area contributed by atoms with Gasteiger partial charge in [0.1, 0.15) is 5.54 Å². The molecule has 18 heavy (non-hydrogen) atoms. The highest BCUT2D eigenvalue weighted by atomic mass is 16.5. The molecule has 1 atom stereocenters. The van der Waals surface area contributed by atoms with Crippen molar-refractivity contribution < 1.29 is 14.3 Å². The van der Waals surface area contributed by atoms with E-state index in [0.717, 1.165) is 13.1 Å². The van der Waals surface area contributed by atoms with E-state index in [0.29, 0.717) is 19.6 Å². The van der Waals surface area contributed by atoms with Crippen LogP contribution < -0.4 is 5.32 Å². The molecule has 0 aromatic carbocycles. The third kappa shape index (κ3) is 2.10. The largest absolute Gasteiger partial charge is 0.383 e. The van der Waals surface area contributed by atoms with E-state index >= 15 is 0 Å². The van der Waals surface area contributed by atoms with Gasteiger partial charge in [0.15, 0.2) is 0 Å². The molecule has 2 rings (SSSR count). The standard InChI is InChI=1S/C12H21N3O3/c1-9(2)15-10(16)12(13-11(15)17)4-5-14(8-12)6-7-18-3/h9H,4-8H2,1-3H3,(H,13,17)/t12-/m0/s1. The number of nitrogens with zero attached hydrogens (tertiary/aromatic N) is 2. The smallest absolute Gasteiger partial charge is 0.325 e. The predicted octanol–water partition coefficient (Wildman–Crippen LogP) is 0.0375. The molecule has 2 fully saturated rings. The molecule has 0 aromatic heterocycles. The van der Waals surface area contributed by atoms with Gasteiger partial charge < -0.3 is 10.1 Å². The summed E-state index contributed by atoms with van der Waals surface area (Å²) in [7, 11) is 1.66. The van der Waals surface area contributed by atoms with Crippen LogP contribution in [0.1, 0.15) is 20.3 Å². The number of carbonyl (C=O) groups is 2. The first-order valence-corrected chi connectivity index (χ1v) is 6.37. The van der Waals surface area contributed by atoms with Gasteiger partial charge in [-0.2, -0.15) is 0 Å². The first-order chi connectivity index (χ1) is 8.50. The summed E-state index contributed by atoms with van der Waals surface area (Å²) in [5, 5.41) is 2.87. The Kier molecular flexibility index (Phi) is 3.59. The second-order valence-electron chi connectivity index (χ2n) is 5.30. The van der Waals surface area contributed by atoms with Crippen molar-refractivity contribution in [3.8, 4) is 0 Å². The predicted molar refractivity (Wildman–Crippen MR) is 66.2 cm³/mol. The third-order valence-electron chi connectivity index (χ3n) is 3.67. The molecule has 2 aliphatic rings. The number of hydrogen-bond donors (Lipinski definition) is 1. The third-order valence-corrected chi connectivity index (χ3v) is 3.67. The van der Waals surface area contributed by atoms with Gasteiger partial charge in [0, 0.05) is 32.8 Å². The molecule has 0 radical (unpaired) electrons.